The molecule has 9 nitrogen and oxygen atoms in total. The van der Waals surface area contributed by atoms with E-state index in [1.165, 1.54) is 0 Å². The van der Waals surface area contributed by atoms with E-state index in [1.807, 2.05) is 20.8 Å². The molecule has 0 bridgehead atoms. The number of carbonyl (C=O) groups excluding carboxylic acids is 1. The Bertz CT molecular complexity index is 794. The van der Waals surface area contributed by atoms with Crippen molar-refractivity contribution in [2.45, 2.75) is 45.3 Å². The molecular weight excluding hydrogens is 360 g/mol. The monoisotopic (exact) mass is 386 g/mol. The van der Waals surface area contributed by atoms with E-state index in [0.29, 0.717) is 24.5 Å². The molecule has 1 unspecified atom stereocenters. The number of anilines is 1. The Morgan fingerprint density at radius 1 is 1.46 bits per heavy atom. The summed E-state index contributed by atoms with van der Waals surface area (Å²) in [6.45, 7) is 6.62. The molecule has 1 aliphatic rings. The summed E-state index contributed by atoms with van der Waals surface area (Å²) in [6.07, 6.45) is 1.18. The van der Waals surface area contributed by atoms with Gasteiger partial charge in [0, 0.05) is 12.6 Å². The predicted molar refractivity (Wildman–Crippen MR) is 106 cm³/mol. The van der Waals surface area contributed by atoms with E-state index in [4.69, 9.17) is 25.9 Å². The molecule has 1 heterocycles. The summed E-state index contributed by atoms with van der Waals surface area (Å²) in [5.41, 5.74) is 7.80. The predicted octanol–water partition coefficient (Wildman–Crippen LogP) is 2.69. The summed E-state index contributed by atoms with van der Waals surface area (Å²) in [5, 5.41) is 19.9. The zero-order chi connectivity index (χ0) is 20.7. The van der Waals surface area contributed by atoms with E-state index in [1.54, 1.807) is 35.2 Å². The van der Waals surface area contributed by atoms with Crippen LogP contribution < -0.4 is 15.9 Å². The molecule has 0 spiro atoms. The summed E-state index contributed by atoms with van der Waals surface area (Å²) in [5.74, 6) is 0.199. The number of nitrogens with one attached hydrogen (secondary N) is 2. The van der Waals surface area contributed by atoms with Crippen LogP contribution in [0, 0.1) is 16.7 Å². The first-order valence-electron chi connectivity index (χ1n) is 9.01. The van der Waals surface area contributed by atoms with Crippen molar-refractivity contribution in [1.82, 2.24) is 4.90 Å². The number of carbonyl (C=O) groups is 1. The van der Waals surface area contributed by atoms with Gasteiger partial charge < -0.3 is 20.1 Å². The number of benzene rings is 1. The molecule has 28 heavy (non-hydrogen) atoms. The van der Waals surface area contributed by atoms with Gasteiger partial charge in [0.1, 0.15) is 23.5 Å². The summed E-state index contributed by atoms with van der Waals surface area (Å²) in [6, 6.07) is 8.80. The van der Waals surface area contributed by atoms with Gasteiger partial charge in [0.15, 0.2) is 5.84 Å². The van der Waals surface area contributed by atoms with E-state index in [2.05, 4.69) is 10.5 Å². The van der Waals surface area contributed by atoms with Gasteiger partial charge in [-0.2, -0.15) is 10.4 Å². The molecule has 0 saturated carbocycles. The molecule has 1 atom stereocenters. The van der Waals surface area contributed by atoms with Crippen molar-refractivity contribution < 1.29 is 14.3 Å². The fourth-order valence-electron chi connectivity index (χ4n) is 2.62. The van der Waals surface area contributed by atoms with E-state index in [-0.39, 0.29) is 17.9 Å². The molecule has 1 aromatic carbocycles. The van der Waals surface area contributed by atoms with Crippen LogP contribution in [0.1, 0.15) is 33.6 Å². The van der Waals surface area contributed by atoms with Crippen molar-refractivity contribution in [2.75, 3.05) is 18.5 Å². The van der Waals surface area contributed by atoms with Crippen LogP contribution in [0.15, 0.2) is 29.4 Å². The summed E-state index contributed by atoms with van der Waals surface area (Å²) < 4.78 is 11.4. The van der Waals surface area contributed by atoms with Crippen LogP contribution in [0.2, 0.25) is 0 Å². The first-order chi connectivity index (χ1) is 13.2. The molecule has 9 heteroatoms. The first kappa shape index (κ1) is 21.0. The van der Waals surface area contributed by atoms with Crippen molar-refractivity contribution in [3.63, 3.8) is 0 Å². The second kappa shape index (κ2) is 9.08. The zero-order valence-corrected chi connectivity index (χ0v) is 16.4. The number of amides is 1. The smallest absolute Gasteiger partial charge is 0.410 e. The normalized spacial score (nSPS) is 17.4. The number of likely N-dealkylation sites (tertiary alicyclic amines) is 1. The van der Waals surface area contributed by atoms with Crippen LogP contribution in [0.4, 0.5) is 10.5 Å². The molecule has 0 aromatic heterocycles. The van der Waals surface area contributed by atoms with Crippen LogP contribution in [0.5, 0.6) is 5.75 Å². The Labute approximate surface area is 164 Å². The van der Waals surface area contributed by atoms with Crippen molar-refractivity contribution >= 4 is 23.3 Å². The first-order valence-corrected chi connectivity index (χ1v) is 9.01. The van der Waals surface area contributed by atoms with Crippen LogP contribution in [0.3, 0.4) is 0 Å². The van der Waals surface area contributed by atoms with Crippen molar-refractivity contribution in [2.24, 2.45) is 10.8 Å². The molecule has 150 valence electrons. The minimum absolute atomic E-state index is 0.146. The highest BCUT2D eigenvalue weighted by Gasteiger charge is 2.28. The number of hydrazone groups is 1. The third-order valence-corrected chi connectivity index (χ3v) is 3.82. The number of amidine groups is 1. The number of rotatable bonds is 5. The average molecular weight is 386 g/mol. The molecule has 1 saturated heterocycles. The van der Waals surface area contributed by atoms with Gasteiger partial charge in [-0.05, 0) is 45.7 Å². The van der Waals surface area contributed by atoms with E-state index < -0.39 is 11.4 Å². The summed E-state index contributed by atoms with van der Waals surface area (Å²) in [4.78, 5) is 13.9. The Morgan fingerprint density at radius 3 is 2.86 bits per heavy atom. The minimum atomic E-state index is -0.534. The highest BCUT2D eigenvalue weighted by Crippen LogP contribution is 2.23. The van der Waals surface area contributed by atoms with Gasteiger partial charge in [-0.25, -0.2) is 4.79 Å². The number of nitrogens with two attached hydrogens (primary N) is 1. The average Bonchev–Trinajstić information content (AvgIpc) is 2.61. The molecule has 0 radical (unpaired) electrons. The van der Waals surface area contributed by atoms with Gasteiger partial charge >= 0.3 is 6.09 Å². The van der Waals surface area contributed by atoms with Crippen LogP contribution in [0.25, 0.3) is 0 Å². The van der Waals surface area contributed by atoms with Crippen LogP contribution in [-0.4, -0.2) is 47.3 Å². The van der Waals surface area contributed by atoms with E-state index >= 15 is 0 Å². The summed E-state index contributed by atoms with van der Waals surface area (Å²) >= 11 is 0. The zero-order valence-electron chi connectivity index (χ0n) is 16.4. The van der Waals surface area contributed by atoms with Crippen LogP contribution in [-0.2, 0) is 4.74 Å². The maximum atomic E-state index is 12.3. The number of nitrogens with zero attached hydrogens (tertiary/aromatic N) is 3. The number of hydrogen-bond acceptors (Lipinski definition) is 7. The van der Waals surface area contributed by atoms with Crippen LogP contribution >= 0.6 is 0 Å². The van der Waals surface area contributed by atoms with E-state index in [9.17, 15) is 4.79 Å². The maximum absolute atomic E-state index is 12.3. The minimum Gasteiger partial charge on any atom is -0.489 e. The standard InChI is InChI=1S/C19H26N6O3/c1-19(2,3)28-18(26)25-9-5-8-15(12-25)27-14-7-4-6-13(10-14)23-24-16(11-20)17(21)22/h4,6-7,10,15,23H,5,8-9,12H2,1-3H3,(H3,21,22)/b24-16+. The Balaban J connectivity index is 1.99. The highest BCUT2D eigenvalue weighted by atomic mass is 16.6. The summed E-state index contributed by atoms with van der Waals surface area (Å²) in [7, 11) is 0. The number of piperidine rings is 1. The SMILES string of the molecule is CC(C)(C)OC(=O)N1CCCC(Oc2cccc(N/N=C(\C#N)C(=N)N)c2)C1. The molecule has 4 N–H and O–H groups in total. The molecule has 1 fully saturated rings. The number of hydrogen-bond donors (Lipinski definition) is 3. The van der Waals surface area contributed by atoms with Crippen molar-refractivity contribution in [1.29, 1.82) is 10.7 Å². The molecule has 1 aliphatic heterocycles. The lowest BCUT2D eigenvalue weighted by atomic mass is 10.1. The molecule has 1 amide bonds. The van der Waals surface area contributed by atoms with Gasteiger partial charge in [-0.15, -0.1) is 0 Å². The van der Waals surface area contributed by atoms with Gasteiger partial charge in [0.2, 0.25) is 5.71 Å². The number of ether oxygens (including phenoxy) is 2. The molecule has 1 aromatic rings. The third-order valence-electron chi connectivity index (χ3n) is 3.82. The largest absolute Gasteiger partial charge is 0.489 e. The highest BCUT2D eigenvalue weighted by molar-refractivity contribution is 6.45. The lowest BCUT2D eigenvalue weighted by Gasteiger charge is -2.34. The quantitative estimate of drug-likeness (QED) is 0.404. The molecule has 0 aliphatic carbocycles. The lowest BCUT2D eigenvalue weighted by molar-refractivity contribution is 0.00776. The van der Waals surface area contributed by atoms with Crippen molar-refractivity contribution in [3.05, 3.63) is 24.3 Å². The molecular formula is C19H26N6O3. The second-order valence-electron chi connectivity index (χ2n) is 7.43. The van der Waals surface area contributed by atoms with Gasteiger partial charge in [0.25, 0.3) is 0 Å². The lowest BCUT2D eigenvalue weighted by Crippen LogP contribution is -2.46. The van der Waals surface area contributed by atoms with Gasteiger partial charge in [0.05, 0.1) is 12.2 Å². The number of nitriles is 1. The molecule has 2 rings (SSSR count). The van der Waals surface area contributed by atoms with Gasteiger partial charge in [-0.1, -0.05) is 6.07 Å². The Hall–Kier alpha value is -3.28. The topological polar surface area (TPSA) is 137 Å². The maximum Gasteiger partial charge on any atom is 0.410 e. The second-order valence-corrected chi connectivity index (χ2v) is 7.43. The van der Waals surface area contributed by atoms with E-state index in [0.717, 1.165) is 12.8 Å². The van der Waals surface area contributed by atoms with Gasteiger partial charge in [-0.3, -0.25) is 10.8 Å². The fraction of sp³-hybridized carbons (Fsp3) is 0.474. The Morgan fingerprint density at radius 2 is 2.21 bits per heavy atom. The van der Waals surface area contributed by atoms with Crippen molar-refractivity contribution in [3.8, 4) is 11.8 Å². The third kappa shape index (κ3) is 6.46. The fourth-order valence-corrected chi connectivity index (χ4v) is 2.62. The Kier molecular flexibility index (Phi) is 6.82.